The molecule has 0 atom stereocenters. The fourth-order valence-corrected chi connectivity index (χ4v) is 1.95. The molecule has 1 aliphatic rings. The highest BCUT2D eigenvalue weighted by Crippen LogP contribution is 2.25. The van der Waals surface area contributed by atoms with Crippen molar-refractivity contribution in [1.29, 1.82) is 0 Å². The summed E-state index contributed by atoms with van der Waals surface area (Å²) in [5, 5.41) is 3.52. The molecule has 2 rings (SSSR count). The van der Waals surface area contributed by atoms with Crippen LogP contribution in [0.1, 0.15) is 24.8 Å². The topological polar surface area (TPSA) is 30.5 Å². The van der Waals surface area contributed by atoms with E-state index in [-0.39, 0.29) is 0 Å². The maximum absolute atomic E-state index is 5.36. The van der Waals surface area contributed by atoms with Gasteiger partial charge >= 0.3 is 0 Å². The molecule has 1 N–H and O–H groups in total. The Bertz CT molecular complexity index is 361. The minimum absolute atomic E-state index is 0.794. The molecule has 3 nitrogen and oxygen atoms in total. The standard InChI is InChI=1S/C14H21NO2/c1-16-13-7-8-14(17-2)11(10-13)4-3-9-15-12-5-6-12/h7-8,10,12,15H,3-6,9H2,1-2H3. The highest BCUT2D eigenvalue weighted by atomic mass is 16.5. The molecule has 1 saturated carbocycles. The fourth-order valence-electron chi connectivity index (χ4n) is 1.95. The van der Waals surface area contributed by atoms with Crippen molar-refractivity contribution in [3.63, 3.8) is 0 Å². The number of aryl methyl sites for hydroxylation is 1. The third-order valence-electron chi connectivity index (χ3n) is 3.12. The predicted molar refractivity (Wildman–Crippen MR) is 68.9 cm³/mol. The Morgan fingerprint density at radius 1 is 1.24 bits per heavy atom. The Hall–Kier alpha value is -1.22. The van der Waals surface area contributed by atoms with E-state index >= 15 is 0 Å². The molecule has 1 aromatic rings. The molecule has 0 bridgehead atoms. The van der Waals surface area contributed by atoms with Gasteiger partial charge in [0.05, 0.1) is 14.2 Å². The average molecular weight is 235 g/mol. The van der Waals surface area contributed by atoms with E-state index in [2.05, 4.69) is 11.4 Å². The van der Waals surface area contributed by atoms with Gasteiger partial charge in [0.25, 0.3) is 0 Å². The first-order valence-electron chi connectivity index (χ1n) is 6.28. The zero-order chi connectivity index (χ0) is 12.1. The molecule has 0 aromatic heterocycles. The van der Waals surface area contributed by atoms with Crippen LogP contribution in [-0.4, -0.2) is 26.8 Å². The summed E-state index contributed by atoms with van der Waals surface area (Å²) in [6.45, 7) is 1.09. The fraction of sp³-hybridized carbons (Fsp3) is 0.571. The molecule has 1 aromatic carbocycles. The summed E-state index contributed by atoms with van der Waals surface area (Å²) in [7, 11) is 3.41. The van der Waals surface area contributed by atoms with E-state index in [1.807, 2.05) is 12.1 Å². The number of methoxy groups -OCH3 is 2. The van der Waals surface area contributed by atoms with Crippen LogP contribution in [0.5, 0.6) is 11.5 Å². The first-order valence-corrected chi connectivity index (χ1v) is 6.28. The Morgan fingerprint density at radius 3 is 2.71 bits per heavy atom. The molecule has 17 heavy (non-hydrogen) atoms. The summed E-state index contributed by atoms with van der Waals surface area (Å²) in [6.07, 6.45) is 4.87. The van der Waals surface area contributed by atoms with Crippen molar-refractivity contribution in [2.45, 2.75) is 31.7 Å². The van der Waals surface area contributed by atoms with Gasteiger partial charge in [0.1, 0.15) is 11.5 Å². The van der Waals surface area contributed by atoms with Gasteiger partial charge in [0, 0.05) is 6.04 Å². The molecular weight excluding hydrogens is 214 g/mol. The molecule has 3 heteroatoms. The van der Waals surface area contributed by atoms with Gasteiger partial charge in [-0.15, -0.1) is 0 Å². The molecule has 0 aliphatic heterocycles. The van der Waals surface area contributed by atoms with Gasteiger partial charge in [-0.25, -0.2) is 0 Å². The maximum atomic E-state index is 5.36. The number of hydrogen-bond acceptors (Lipinski definition) is 3. The van der Waals surface area contributed by atoms with E-state index in [1.165, 1.54) is 18.4 Å². The molecule has 1 fully saturated rings. The lowest BCUT2D eigenvalue weighted by Gasteiger charge is -2.10. The summed E-state index contributed by atoms with van der Waals surface area (Å²) in [5.41, 5.74) is 1.23. The SMILES string of the molecule is COc1ccc(OC)c(CCCNC2CC2)c1. The number of hydrogen-bond donors (Lipinski definition) is 1. The zero-order valence-corrected chi connectivity index (χ0v) is 10.7. The van der Waals surface area contributed by atoms with Crippen molar-refractivity contribution in [1.82, 2.24) is 5.32 Å². The van der Waals surface area contributed by atoms with Gasteiger partial charge in [-0.3, -0.25) is 0 Å². The Kier molecular flexibility index (Phi) is 4.26. The molecule has 0 amide bonds. The minimum atomic E-state index is 0.794. The molecular formula is C14H21NO2. The zero-order valence-electron chi connectivity index (χ0n) is 10.7. The summed E-state index contributed by atoms with van der Waals surface area (Å²) in [4.78, 5) is 0. The second-order valence-corrected chi connectivity index (χ2v) is 4.51. The van der Waals surface area contributed by atoms with Gasteiger partial charge in [-0.2, -0.15) is 0 Å². The van der Waals surface area contributed by atoms with E-state index in [0.29, 0.717) is 0 Å². The van der Waals surface area contributed by atoms with E-state index in [0.717, 1.165) is 36.9 Å². The summed E-state index contributed by atoms with van der Waals surface area (Å²) < 4.78 is 10.6. The third kappa shape index (κ3) is 3.63. The van der Waals surface area contributed by atoms with Crippen LogP contribution < -0.4 is 14.8 Å². The number of benzene rings is 1. The van der Waals surface area contributed by atoms with E-state index in [1.54, 1.807) is 14.2 Å². The van der Waals surface area contributed by atoms with Crippen molar-refractivity contribution in [3.8, 4) is 11.5 Å². The smallest absolute Gasteiger partial charge is 0.122 e. The predicted octanol–water partition coefficient (Wildman–Crippen LogP) is 2.39. The Balaban J connectivity index is 1.87. The summed E-state index contributed by atoms with van der Waals surface area (Å²) >= 11 is 0. The molecule has 0 saturated heterocycles. The second-order valence-electron chi connectivity index (χ2n) is 4.51. The number of rotatable bonds is 7. The van der Waals surface area contributed by atoms with Crippen LogP contribution in [0, 0.1) is 0 Å². The highest BCUT2D eigenvalue weighted by Gasteiger charge is 2.19. The number of nitrogens with one attached hydrogen (secondary N) is 1. The third-order valence-corrected chi connectivity index (χ3v) is 3.12. The lowest BCUT2D eigenvalue weighted by Crippen LogP contribution is -2.17. The average Bonchev–Trinajstić information content (AvgIpc) is 3.18. The van der Waals surface area contributed by atoms with E-state index < -0.39 is 0 Å². The van der Waals surface area contributed by atoms with Crippen molar-refractivity contribution in [3.05, 3.63) is 23.8 Å². The van der Waals surface area contributed by atoms with Crippen LogP contribution >= 0.6 is 0 Å². The van der Waals surface area contributed by atoms with Crippen LogP contribution in [-0.2, 0) is 6.42 Å². The largest absolute Gasteiger partial charge is 0.497 e. The molecule has 0 unspecified atom stereocenters. The molecule has 1 aliphatic carbocycles. The van der Waals surface area contributed by atoms with Gasteiger partial charge in [0.2, 0.25) is 0 Å². The lowest BCUT2D eigenvalue weighted by molar-refractivity contribution is 0.398. The van der Waals surface area contributed by atoms with Crippen LogP contribution in [0.25, 0.3) is 0 Å². The van der Waals surface area contributed by atoms with Crippen molar-refractivity contribution in [2.24, 2.45) is 0 Å². The maximum Gasteiger partial charge on any atom is 0.122 e. The van der Waals surface area contributed by atoms with Gasteiger partial charge in [-0.1, -0.05) is 0 Å². The summed E-state index contributed by atoms with van der Waals surface area (Å²) in [5.74, 6) is 1.85. The van der Waals surface area contributed by atoms with E-state index in [4.69, 9.17) is 9.47 Å². The normalized spacial score (nSPS) is 14.7. The van der Waals surface area contributed by atoms with Crippen molar-refractivity contribution in [2.75, 3.05) is 20.8 Å². The number of ether oxygens (including phenoxy) is 2. The highest BCUT2D eigenvalue weighted by molar-refractivity contribution is 5.40. The first kappa shape index (κ1) is 12.2. The Morgan fingerprint density at radius 2 is 2.06 bits per heavy atom. The molecule has 0 heterocycles. The van der Waals surface area contributed by atoms with Gasteiger partial charge in [-0.05, 0) is 56.0 Å². The van der Waals surface area contributed by atoms with Gasteiger partial charge in [0.15, 0.2) is 0 Å². The molecule has 0 radical (unpaired) electrons. The van der Waals surface area contributed by atoms with Crippen LogP contribution in [0.2, 0.25) is 0 Å². The van der Waals surface area contributed by atoms with Crippen LogP contribution in [0.4, 0.5) is 0 Å². The quantitative estimate of drug-likeness (QED) is 0.736. The van der Waals surface area contributed by atoms with E-state index in [9.17, 15) is 0 Å². The monoisotopic (exact) mass is 235 g/mol. The molecule has 94 valence electrons. The first-order chi connectivity index (χ1) is 8.33. The minimum Gasteiger partial charge on any atom is -0.497 e. The van der Waals surface area contributed by atoms with Gasteiger partial charge < -0.3 is 14.8 Å². The van der Waals surface area contributed by atoms with Crippen molar-refractivity contribution < 1.29 is 9.47 Å². The second kappa shape index (κ2) is 5.92. The van der Waals surface area contributed by atoms with Crippen molar-refractivity contribution >= 4 is 0 Å². The lowest BCUT2D eigenvalue weighted by atomic mass is 10.1. The Labute approximate surface area is 103 Å². The summed E-state index contributed by atoms with van der Waals surface area (Å²) in [6, 6.07) is 6.77. The molecule has 0 spiro atoms. The van der Waals surface area contributed by atoms with Crippen LogP contribution in [0.3, 0.4) is 0 Å². The van der Waals surface area contributed by atoms with Crippen LogP contribution in [0.15, 0.2) is 18.2 Å².